The number of carbonyl (C=O) groups excluding carboxylic acids is 2. The SMILES string of the molecule is CC(C)CNC(=O)C(C)N(Cc1ccccc1F)C(=O)Cc1ccccc1. The van der Waals surface area contributed by atoms with Crippen LogP contribution in [0.3, 0.4) is 0 Å². The van der Waals surface area contributed by atoms with Crippen LogP contribution in [0.4, 0.5) is 4.39 Å². The molecule has 0 radical (unpaired) electrons. The second kappa shape index (κ2) is 9.86. The van der Waals surface area contributed by atoms with Crippen LogP contribution in [-0.4, -0.2) is 29.3 Å². The molecule has 0 aliphatic rings. The molecule has 144 valence electrons. The molecule has 0 spiro atoms. The zero-order valence-corrected chi connectivity index (χ0v) is 16.1. The minimum atomic E-state index is -0.695. The molecule has 27 heavy (non-hydrogen) atoms. The number of hydrogen-bond acceptors (Lipinski definition) is 2. The summed E-state index contributed by atoms with van der Waals surface area (Å²) >= 11 is 0. The van der Waals surface area contributed by atoms with E-state index in [1.54, 1.807) is 25.1 Å². The zero-order chi connectivity index (χ0) is 19.8. The van der Waals surface area contributed by atoms with Gasteiger partial charge in [-0.3, -0.25) is 9.59 Å². The number of carbonyl (C=O) groups is 2. The van der Waals surface area contributed by atoms with Crippen LogP contribution in [-0.2, 0) is 22.6 Å². The summed E-state index contributed by atoms with van der Waals surface area (Å²) in [5.41, 5.74) is 1.25. The van der Waals surface area contributed by atoms with Crippen molar-refractivity contribution in [2.45, 2.75) is 39.8 Å². The smallest absolute Gasteiger partial charge is 0.242 e. The second-order valence-corrected chi connectivity index (χ2v) is 7.09. The Morgan fingerprint density at radius 2 is 1.63 bits per heavy atom. The van der Waals surface area contributed by atoms with Gasteiger partial charge < -0.3 is 10.2 Å². The van der Waals surface area contributed by atoms with Crippen LogP contribution in [0.2, 0.25) is 0 Å². The highest BCUT2D eigenvalue weighted by Gasteiger charge is 2.26. The lowest BCUT2D eigenvalue weighted by Crippen LogP contribution is -2.48. The predicted octanol–water partition coefficient (Wildman–Crippen LogP) is 3.56. The summed E-state index contributed by atoms with van der Waals surface area (Å²) in [5.74, 6) is -0.524. The number of nitrogens with one attached hydrogen (secondary N) is 1. The Labute approximate surface area is 160 Å². The number of halogens is 1. The van der Waals surface area contributed by atoms with E-state index in [9.17, 15) is 14.0 Å². The summed E-state index contributed by atoms with van der Waals surface area (Å²) in [4.78, 5) is 26.9. The number of rotatable bonds is 8. The minimum absolute atomic E-state index is 0.0502. The topological polar surface area (TPSA) is 49.4 Å². The molecule has 0 bridgehead atoms. The van der Waals surface area contributed by atoms with Crippen molar-refractivity contribution in [3.05, 3.63) is 71.5 Å². The molecule has 1 atom stereocenters. The normalized spacial score (nSPS) is 11.9. The Balaban J connectivity index is 2.20. The molecular weight excluding hydrogens is 343 g/mol. The van der Waals surface area contributed by atoms with Crippen LogP contribution >= 0.6 is 0 Å². The van der Waals surface area contributed by atoms with E-state index in [1.165, 1.54) is 11.0 Å². The van der Waals surface area contributed by atoms with Gasteiger partial charge in [0.15, 0.2) is 0 Å². The zero-order valence-electron chi connectivity index (χ0n) is 16.1. The van der Waals surface area contributed by atoms with Gasteiger partial charge in [0.2, 0.25) is 11.8 Å². The van der Waals surface area contributed by atoms with E-state index in [-0.39, 0.29) is 30.6 Å². The molecule has 1 N–H and O–H groups in total. The lowest BCUT2D eigenvalue weighted by Gasteiger charge is -2.29. The molecule has 0 saturated heterocycles. The van der Waals surface area contributed by atoms with Gasteiger partial charge in [0.25, 0.3) is 0 Å². The molecule has 2 aromatic rings. The fourth-order valence-electron chi connectivity index (χ4n) is 2.72. The molecule has 2 rings (SSSR count). The fourth-order valence-corrected chi connectivity index (χ4v) is 2.72. The largest absolute Gasteiger partial charge is 0.354 e. The van der Waals surface area contributed by atoms with E-state index in [0.29, 0.717) is 18.0 Å². The van der Waals surface area contributed by atoms with Gasteiger partial charge in [-0.1, -0.05) is 62.4 Å². The Bertz CT molecular complexity index is 762. The van der Waals surface area contributed by atoms with Crippen molar-refractivity contribution in [2.24, 2.45) is 5.92 Å². The van der Waals surface area contributed by atoms with E-state index in [1.807, 2.05) is 44.2 Å². The quantitative estimate of drug-likeness (QED) is 0.772. The van der Waals surface area contributed by atoms with Crippen LogP contribution in [0.5, 0.6) is 0 Å². The Morgan fingerprint density at radius 1 is 1.00 bits per heavy atom. The van der Waals surface area contributed by atoms with Crippen LogP contribution in [0.1, 0.15) is 31.9 Å². The van der Waals surface area contributed by atoms with Gasteiger partial charge in [-0.05, 0) is 24.5 Å². The van der Waals surface area contributed by atoms with Crippen molar-refractivity contribution in [2.75, 3.05) is 6.54 Å². The third-order valence-corrected chi connectivity index (χ3v) is 4.35. The Kier molecular flexibility index (Phi) is 7.53. The first-order chi connectivity index (χ1) is 12.9. The molecule has 0 aliphatic carbocycles. The molecule has 0 fully saturated rings. The summed E-state index contributed by atoms with van der Waals surface area (Å²) in [6, 6.07) is 15.0. The molecule has 4 nitrogen and oxygen atoms in total. The van der Waals surface area contributed by atoms with Crippen molar-refractivity contribution in [3.63, 3.8) is 0 Å². The Morgan fingerprint density at radius 3 is 2.26 bits per heavy atom. The second-order valence-electron chi connectivity index (χ2n) is 7.09. The summed E-state index contributed by atoms with van der Waals surface area (Å²) in [7, 11) is 0. The van der Waals surface area contributed by atoms with Crippen LogP contribution < -0.4 is 5.32 Å². The van der Waals surface area contributed by atoms with Crippen molar-refractivity contribution in [3.8, 4) is 0 Å². The summed E-state index contributed by atoms with van der Waals surface area (Å²) < 4.78 is 14.1. The fraction of sp³-hybridized carbons (Fsp3) is 0.364. The molecule has 1 unspecified atom stereocenters. The van der Waals surface area contributed by atoms with Crippen molar-refractivity contribution in [1.29, 1.82) is 0 Å². The summed E-state index contributed by atoms with van der Waals surface area (Å²) in [6.45, 7) is 6.27. The van der Waals surface area contributed by atoms with E-state index in [0.717, 1.165) is 5.56 Å². The van der Waals surface area contributed by atoms with Crippen molar-refractivity contribution >= 4 is 11.8 Å². The van der Waals surface area contributed by atoms with Gasteiger partial charge in [0.1, 0.15) is 11.9 Å². The van der Waals surface area contributed by atoms with E-state index >= 15 is 0 Å². The molecular formula is C22H27FN2O2. The molecule has 5 heteroatoms. The predicted molar refractivity (Wildman–Crippen MR) is 104 cm³/mol. The first-order valence-electron chi connectivity index (χ1n) is 9.23. The highest BCUT2D eigenvalue weighted by molar-refractivity contribution is 5.88. The maximum Gasteiger partial charge on any atom is 0.242 e. The van der Waals surface area contributed by atoms with E-state index in [2.05, 4.69) is 5.32 Å². The third-order valence-electron chi connectivity index (χ3n) is 4.35. The maximum absolute atomic E-state index is 14.1. The lowest BCUT2D eigenvalue weighted by molar-refractivity contribution is -0.140. The number of nitrogens with zero attached hydrogens (tertiary/aromatic N) is 1. The van der Waals surface area contributed by atoms with Crippen LogP contribution in [0, 0.1) is 11.7 Å². The monoisotopic (exact) mass is 370 g/mol. The van der Waals surface area contributed by atoms with E-state index in [4.69, 9.17) is 0 Å². The van der Waals surface area contributed by atoms with Crippen LogP contribution in [0.15, 0.2) is 54.6 Å². The molecule has 0 aromatic heterocycles. The molecule has 2 amide bonds. The molecule has 0 aliphatic heterocycles. The average Bonchev–Trinajstić information content (AvgIpc) is 2.65. The van der Waals surface area contributed by atoms with E-state index < -0.39 is 6.04 Å². The molecule has 0 saturated carbocycles. The first kappa shape index (κ1) is 20.6. The minimum Gasteiger partial charge on any atom is -0.354 e. The van der Waals surface area contributed by atoms with Gasteiger partial charge in [-0.15, -0.1) is 0 Å². The lowest BCUT2D eigenvalue weighted by atomic mass is 10.1. The maximum atomic E-state index is 14.1. The van der Waals surface area contributed by atoms with Crippen molar-refractivity contribution in [1.82, 2.24) is 10.2 Å². The summed E-state index contributed by atoms with van der Waals surface area (Å²) in [6.07, 6.45) is 0.164. The average molecular weight is 370 g/mol. The highest BCUT2D eigenvalue weighted by atomic mass is 19.1. The molecule has 2 aromatic carbocycles. The van der Waals surface area contributed by atoms with Gasteiger partial charge in [0, 0.05) is 18.7 Å². The number of amides is 2. The Hall–Kier alpha value is -2.69. The van der Waals surface area contributed by atoms with Crippen LogP contribution in [0.25, 0.3) is 0 Å². The number of hydrogen-bond donors (Lipinski definition) is 1. The highest BCUT2D eigenvalue weighted by Crippen LogP contribution is 2.15. The standard InChI is InChI=1S/C22H27FN2O2/c1-16(2)14-24-22(27)17(3)25(15-19-11-7-8-12-20(19)23)21(26)13-18-9-5-4-6-10-18/h4-12,16-17H,13-15H2,1-3H3,(H,24,27). The summed E-state index contributed by atoms with van der Waals surface area (Å²) in [5, 5.41) is 2.85. The van der Waals surface area contributed by atoms with Gasteiger partial charge in [-0.25, -0.2) is 4.39 Å². The van der Waals surface area contributed by atoms with Gasteiger partial charge in [-0.2, -0.15) is 0 Å². The van der Waals surface area contributed by atoms with Gasteiger partial charge >= 0.3 is 0 Å². The third kappa shape index (κ3) is 6.20. The number of benzene rings is 2. The van der Waals surface area contributed by atoms with Crippen molar-refractivity contribution < 1.29 is 14.0 Å². The first-order valence-corrected chi connectivity index (χ1v) is 9.23. The van der Waals surface area contributed by atoms with Gasteiger partial charge in [0.05, 0.1) is 6.42 Å². The molecule has 0 heterocycles.